The van der Waals surface area contributed by atoms with Gasteiger partial charge in [0.05, 0.1) is 5.52 Å². The number of nitrogens with zero attached hydrogens (tertiary/aromatic N) is 1. The first-order valence-electron chi connectivity index (χ1n) is 6.15. The first-order chi connectivity index (χ1) is 9.20. The number of carbonyl (C=O) groups excluding carboxylic acids is 2. The SMILES string of the molecule is CCCC(=O)NNC(=O)c1ccc2ccccc2n1. The Morgan fingerprint density at radius 1 is 1.11 bits per heavy atom. The maximum absolute atomic E-state index is 11.8. The normalized spacial score (nSPS) is 10.2. The molecule has 98 valence electrons. The quantitative estimate of drug-likeness (QED) is 0.823. The molecule has 2 aromatic rings. The topological polar surface area (TPSA) is 71.1 Å². The molecule has 1 aromatic heterocycles. The Morgan fingerprint density at radius 2 is 1.89 bits per heavy atom. The summed E-state index contributed by atoms with van der Waals surface area (Å²) in [5, 5.41) is 0.967. The van der Waals surface area contributed by atoms with Gasteiger partial charge in [-0.05, 0) is 18.6 Å². The van der Waals surface area contributed by atoms with Crippen LogP contribution in [0.25, 0.3) is 10.9 Å². The summed E-state index contributed by atoms with van der Waals surface area (Å²) in [5.41, 5.74) is 5.72. The smallest absolute Gasteiger partial charge is 0.273 e. The molecular formula is C14H15N3O2. The molecule has 1 aromatic carbocycles. The second-order valence-electron chi connectivity index (χ2n) is 4.14. The number of aromatic nitrogens is 1. The second-order valence-corrected chi connectivity index (χ2v) is 4.14. The van der Waals surface area contributed by atoms with Crippen LogP contribution in [0.5, 0.6) is 0 Å². The van der Waals surface area contributed by atoms with Gasteiger partial charge in [-0.2, -0.15) is 0 Å². The van der Waals surface area contributed by atoms with Crippen molar-refractivity contribution in [2.75, 3.05) is 0 Å². The van der Waals surface area contributed by atoms with Crippen molar-refractivity contribution in [3.63, 3.8) is 0 Å². The van der Waals surface area contributed by atoms with E-state index in [-0.39, 0.29) is 11.6 Å². The molecule has 0 spiro atoms. The number of benzene rings is 1. The summed E-state index contributed by atoms with van der Waals surface area (Å²) < 4.78 is 0. The summed E-state index contributed by atoms with van der Waals surface area (Å²) in [6.45, 7) is 1.90. The maximum Gasteiger partial charge on any atom is 0.288 e. The zero-order valence-electron chi connectivity index (χ0n) is 10.6. The summed E-state index contributed by atoms with van der Waals surface area (Å²) in [4.78, 5) is 27.3. The van der Waals surface area contributed by atoms with E-state index in [1.165, 1.54) is 0 Å². The lowest BCUT2D eigenvalue weighted by molar-refractivity contribution is -0.121. The largest absolute Gasteiger partial charge is 0.288 e. The Hall–Kier alpha value is -2.43. The highest BCUT2D eigenvalue weighted by molar-refractivity contribution is 5.95. The number of carbonyl (C=O) groups is 2. The molecule has 0 saturated heterocycles. The van der Waals surface area contributed by atoms with Crippen molar-refractivity contribution in [1.29, 1.82) is 0 Å². The van der Waals surface area contributed by atoms with Crippen molar-refractivity contribution in [2.45, 2.75) is 19.8 Å². The molecule has 0 saturated carbocycles. The molecule has 0 radical (unpaired) electrons. The second kappa shape index (κ2) is 5.95. The Bertz CT molecular complexity index is 610. The van der Waals surface area contributed by atoms with Crippen LogP contribution in [0.4, 0.5) is 0 Å². The van der Waals surface area contributed by atoms with Crippen LogP contribution >= 0.6 is 0 Å². The number of hydrogen-bond acceptors (Lipinski definition) is 3. The van der Waals surface area contributed by atoms with Gasteiger partial charge in [0.2, 0.25) is 5.91 Å². The van der Waals surface area contributed by atoms with Crippen LogP contribution in [0.1, 0.15) is 30.3 Å². The van der Waals surface area contributed by atoms with Gasteiger partial charge in [-0.25, -0.2) is 4.98 Å². The van der Waals surface area contributed by atoms with Crippen molar-refractivity contribution < 1.29 is 9.59 Å². The third-order valence-electron chi connectivity index (χ3n) is 2.62. The molecular weight excluding hydrogens is 242 g/mol. The molecule has 0 aliphatic rings. The summed E-state index contributed by atoms with van der Waals surface area (Å²) >= 11 is 0. The Balaban J connectivity index is 2.07. The molecule has 0 aliphatic carbocycles. The van der Waals surface area contributed by atoms with Crippen LogP contribution in [0.15, 0.2) is 36.4 Å². The maximum atomic E-state index is 11.8. The van der Waals surface area contributed by atoms with Crippen molar-refractivity contribution in [1.82, 2.24) is 15.8 Å². The van der Waals surface area contributed by atoms with Gasteiger partial charge in [-0.3, -0.25) is 20.4 Å². The molecule has 2 N–H and O–H groups in total. The molecule has 5 heteroatoms. The first-order valence-corrected chi connectivity index (χ1v) is 6.15. The van der Waals surface area contributed by atoms with Crippen molar-refractivity contribution in [2.24, 2.45) is 0 Å². The van der Waals surface area contributed by atoms with Gasteiger partial charge < -0.3 is 0 Å². The van der Waals surface area contributed by atoms with E-state index < -0.39 is 5.91 Å². The van der Waals surface area contributed by atoms with E-state index >= 15 is 0 Å². The predicted octanol–water partition coefficient (Wildman–Crippen LogP) is 1.80. The van der Waals surface area contributed by atoms with Gasteiger partial charge in [0.15, 0.2) is 0 Å². The number of hydrazine groups is 1. The lowest BCUT2D eigenvalue weighted by Gasteiger charge is -2.06. The Morgan fingerprint density at radius 3 is 2.68 bits per heavy atom. The fourth-order valence-electron chi connectivity index (χ4n) is 1.67. The first kappa shape index (κ1) is 13.0. The van der Waals surface area contributed by atoms with Gasteiger partial charge in [0.1, 0.15) is 5.69 Å². The molecule has 0 aliphatic heterocycles. The molecule has 2 rings (SSSR count). The molecule has 1 heterocycles. The minimum absolute atomic E-state index is 0.211. The average Bonchev–Trinajstić information content (AvgIpc) is 2.44. The molecule has 0 atom stereocenters. The molecule has 5 nitrogen and oxygen atoms in total. The zero-order valence-corrected chi connectivity index (χ0v) is 10.6. The van der Waals surface area contributed by atoms with E-state index in [0.29, 0.717) is 6.42 Å². The predicted molar refractivity (Wildman–Crippen MR) is 72.3 cm³/mol. The van der Waals surface area contributed by atoms with Crippen LogP contribution in [0.2, 0.25) is 0 Å². The number of para-hydroxylation sites is 1. The third kappa shape index (κ3) is 3.28. The molecule has 0 fully saturated rings. The lowest BCUT2D eigenvalue weighted by Crippen LogP contribution is -2.41. The standard InChI is InChI=1S/C14H15N3O2/c1-2-5-13(18)16-17-14(19)12-9-8-10-6-3-4-7-11(10)15-12/h3-4,6-9H,2,5H2,1H3,(H,16,18)(H,17,19). The monoisotopic (exact) mass is 257 g/mol. The van der Waals surface area contributed by atoms with Gasteiger partial charge in [0, 0.05) is 11.8 Å². The number of pyridine rings is 1. The van der Waals surface area contributed by atoms with Crippen LogP contribution in [0, 0.1) is 0 Å². The average molecular weight is 257 g/mol. The number of rotatable bonds is 3. The van der Waals surface area contributed by atoms with Gasteiger partial charge in [-0.15, -0.1) is 0 Å². The number of amides is 2. The molecule has 0 unspecified atom stereocenters. The molecule has 2 amide bonds. The summed E-state index contributed by atoms with van der Waals surface area (Å²) in [6.07, 6.45) is 1.11. The van der Waals surface area contributed by atoms with Crippen molar-refractivity contribution in [3.05, 3.63) is 42.1 Å². The van der Waals surface area contributed by atoms with Crippen molar-refractivity contribution in [3.8, 4) is 0 Å². The van der Waals surface area contributed by atoms with E-state index in [9.17, 15) is 9.59 Å². The highest BCUT2D eigenvalue weighted by Crippen LogP contribution is 2.11. The van der Waals surface area contributed by atoms with Crippen LogP contribution < -0.4 is 10.9 Å². The third-order valence-corrected chi connectivity index (χ3v) is 2.62. The molecule has 0 bridgehead atoms. The van der Waals surface area contributed by atoms with E-state index in [1.807, 2.05) is 37.3 Å². The van der Waals surface area contributed by atoms with Crippen LogP contribution in [0.3, 0.4) is 0 Å². The highest BCUT2D eigenvalue weighted by Gasteiger charge is 2.08. The van der Waals surface area contributed by atoms with E-state index in [4.69, 9.17) is 0 Å². The summed E-state index contributed by atoms with van der Waals surface area (Å²) in [7, 11) is 0. The zero-order chi connectivity index (χ0) is 13.7. The fourth-order valence-corrected chi connectivity index (χ4v) is 1.67. The van der Waals surface area contributed by atoms with E-state index in [1.54, 1.807) is 6.07 Å². The van der Waals surface area contributed by atoms with Crippen LogP contribution in [-0.4, -0.2) is 16.8 Å². The van der Waals surface area contributed by atoms with Gasteiger partial charge in [0.25, 0.3) is 5.91 Å². The molecule has 19 heavy (non-hydrogen) atoms. The number of fused-ring (bicyclic) bond motifs is 1. The van der Waals surface area contributed by atoms with E-state index in [2.05, 4.69) is 15.8 Å². The Labute approximate surface area is 111 Å². The summed E-state index contributed by atoms with van der Waals surface area (Å²) in [6, 6.07) is 11.0. The Kier molecular flexibility index (Phi) is 4.07. The highest BCUT2D eigenvalue weighted by atomic mass is 16.2. The van der Waals surface area contributed by atoms with Gasteiger partial charge in [-0.1, -0.05) is 31.2 Å². The van der Waals surface area contributed by atoms with Gasteiger partial charge >= 0.3 is 0 Å². The van der Waals surface area contributed by atoms with Crippen LogP contribution in [-0.2, 0) is 4.79 Å². The lowest BCUT2D eigenvalue weighted by atomic mass is 10.2. The fraction of sp³-hybridized carbons (Fsp3) is 0.214. The minimum atomic E-state index is -0.421. The number of hydrogen-bond donors (Lipinski definition) is 2. The minimum Gasteiger partial charge on any atom is -0.273 e. The summed E-state index contributed by atoms with van der Waals surface area (Å²) in [5.74, 6) is -0.633. The number of nitrogens with one attached hydrogen (secondary N) is 2. The van der Waals surface area contributed by atoms with Crippen molar-refractivity contribution >= 4 is 22.7 Å². The van der Waals surface area contributed by atoms with E-state index in [0.717, 1.165) is 17.3 Å².